The molecule has 0 amide bonds. The van der Waals surface area contributed by atoms with Gasteiger partial charge in [-0.05, 0) is 30.2 Å². The standard InChI is InChI=1S/C12H15BrClF/c1-3-4-11(14)8(2)10-7-9(13)5-6-12(10)15/h5-8,11H,3-4H2,1-2H3. The normalized spacial score (nSPS) is 15.0. The van der Waals surface area contributed by atoms with Crippen molar-refractivity contribution in [2.45, 2.75) is 38.0 Å². The van der Waals surface area contributed by atoms with Gasteiger partial charge in [-0.2, -0.15) is 0 Å². The van der Waals surface area contributed by atoms with E-state index in [1.165, 1.54) is 6.07 Å². The minimum Gasteiger partial charge on any atom is -0.207 e. The molecule has 0 aromatic heterocycles. The van der Waals surface area contributed by atoms with Gasteiger partial charge in [0.2, 0.25) is 0 Å². The van der Waals surface area contributed by atoms with E-state index in [-0.39, 0.29) is 17.1 Å². The molecular formula is C12H15BrClF. The molecular weight excluding hydrogens is 278 g/mol. The summed E-state index contributed by atoms with van der Waals surface area (Å²) in [6.07, 6.45) is 1.93. The third-order valence-corrected chi connectivity index (χ3v) is 3.65. The highest BCUT2D eigenvalue weighted by Gasteiger charge is 2.18. The number of alkyl halides is 1. The maximum atomic E-state index is 13.5. The first-order valence-electron chi connectivity index (χ1n) is 5.15. The summed E-state index contributed by atoms with van der Waals surface area (Å²) < 4.78 is 14.4. The molecule has 0 nitrogen and oxygen atoms in total. The molecule has 0 spiro atoms. The van der Waals surface area contributed by atoms with Crippen molar-refractivity contribution in [3.05, 3.63) is 34.1 Å². The predicted octanol–water partition coefficient (Wildman–Crippen LogP) is 5.10. The van der Waals surface area contributed by atoms with Crippen LogP contribution < -0.4 is 0 Å². The van der Waals surface area contributed by atoms with E-state index in [1.54, 1.807) is 6.07 Å². The summed E-state index contributed by atoms with van der Waals surface area (Å²) in [6.45, 7) is 4.05. The number of benzene rings is 1. The molecule has 1 rings (SSSR count). The smallest absolute Gasteiger partial charge is 0.126 e. The Kier molecular flexibility index (Phi) is 5.07. The van der Waals surface area contributed by atoms with Gasteiger partial charge in [-0.25, -0.2) is 4.39 Å². The highest BCUT2D eigenvalue weighted by molar-refractivity contribution is 9.10. The number of rotatable bonds is 4. The summed E-state index contributed by atoms with van der Waals surface area (Å²) in [5.41, 5.74) is 0.692. The van der Waals surface area contributed by atoms with Gasteiger partial charge in [0.15, 0.2) is 0 Å². The summed E-state index contributed by atoms with van der Waals surface area (Å²) in [5, 5.41) is -0.00111. The predicted molar refractivity (Wildman–Crippen MR) is 67.1 cm³/mol. The zero-order valence-corrected chi connectivity index (χ0v) is 11.3. The van der Waals surface area contributed by atoms with E-state index in [2.05, 4.69) is 22.9 Å². The maximum Gasteiger partial charge on any atom is 0.126 e. The van der Waals surface area contributed by atoms with Crippen molar-refractivity contribution in [3.63, 3.8) is 0 Å². The molecule has 15 heavy (non-hydrogen) atoms. The molecule has 0 fully saturated rings. The first-order chi connectivity index (χ1) is 7.06. The Morgan fingerprint density at radius 1 is 1.47 bits per heavy atom. The third-order valence-electron chi connectivity index (χ3n) is 2.56. The summed E-state index contributed by atoms with van der Waals surface area (Å²) in [5.74, 6) is -0.128. The molecule has 0 N–H and O–H groups in total. The zero-order chi connectivity index (χ0) is 11.4. The van der Waals surface area contributed by atoms with Crippen molar-refractivity contribution >= 4 is 27.5 Å². The van der Waals surface area contributed by atoms with Gasteiger partial charge in [0.05, 0.1) is 0 Å². The molecule has 2 unspecified atom stereocenters. The Morgan fingerprint density at radius 3 is 2.73 bits per heavy atom. The van der Waals surface area contributed by atoms with Crippen LogP contribution in [-0.4, -0.2) is 5.38 Å². The van der Waals surface area contributed by atoms with E-state index < -0.39 is 0 Å². The quantitative estimate of drug-likeness (QED) is 0.678. The SMILES string of the molecule is CCCC(Cl)C(C)c1cc(Br)ccc1F. The third kappa shape index (κ3) is 3.46. The van der Waals surface area contributed by atoms with Crippen LogP contribution in [0.1, 0.15) is 38.2 Å². The minimum atomic E-state index is -0.174. The molecule has 1 aromatic carbocycles. The Balaban J connectivity index is 2.89. The lowest BCUT2D eigenvalue weighted by Crippen LogP contribution is -2.11. The highest BCUT2D eigenvalue weighted by Crippen LogP contribution is 2.30. The summed E-state index contributed by atoms with van der Waals surface area (Å²) in [7, 11) is 0. The Hall–Kier alpha value is -0.0800. The first-order valence-corrected chi connectivity index (χ1v) is 6.38. The fourth-order valence-electron chi connectivity index (χ4n) is 1.58. The second kappa shape index (κ2) is 5.86. The topological polar surface area (TPSA) is 0 Å². The largest absolute Gasteiger partial charge is 0.207 e. The average molecular weight is 294 g/mol. The van der Waals surface area contributed by atoms with Gasteiger partial charge >= 0.3 is 0 Å². The number of hydrogen-bond donors (Lipinski definition) is 0. The molecule has 0 aliphatic rings. The van der Waals surface area contributed by atoms with Crippen LogP contribution in [0.4, 0.5) is 4.39 Å². The molecule has 0 saturated carbocycles. The van der Waals surface area contributed by atoms with Gasteiger partial charge in [0.25, 0.3) is 0 Å². The summed E-state index contributed by atoms with van der Waals surface area (Å²) in [6, 6.07) is 4.99. The van der Waals surface area contributed by atoms with E-state index >= 15 is 0 Å². The van der Waals surface area contributed by atoms with Gasteiger partial charge in [-0.3, -0.25) is 0 Å². The number of halogens is 3. The second-order valence-corrected chi connectivity index (χ2v) is 5.24. The fourth-order valence-corrected chi connectivity index (χ4v) is 2.32. The van der Waals surface area contributed by atoms with Crippen LogP contribution in [-0.2, 0) is 0 Å². The Labute approximate surface area is 104 Å². The lowest BCUT2D eigenvalue weighted by molar-refractivity contribution is 0.563. The first kappa shape index (κ1) is 13.0. The molecule has 84 valence electrons. The van der Waals surface area contributed by atoms with Crippen LogP contribution in [0.5, 0.6) is 0 Å². The van der Waals surface area contributed by atoms with Gasteiger partial charge in [-0.1, -0.05) is 36.2 Å². The van der Waals surface area contributed by atoms with Crippen LogP contribution in [0, 0.1) is 5.82 Å². The van der Waals surface area contributed by atoms with Crippen molar-refractivity contribution in [1.29, 1.82) is 0 Å². The van der Waals surface area contributed by atoms with Gasteiger partial charge in [0, 0.05) is 15.8 Å². The lowest BCUT2D eigenvalue weighted by Gasteiger charge is -2.18. The second-order valence-electron chi connectivity index (χ2n) is 3.76. The number of hydrogen-bond acceptors (Lipinski definition) is 0. The van der Waals surface area contributed by atoms with Crippen molar-refractivity contribution in [1.82, 2.24) is 0 Å². The van der Waals surface area contributed by atoms with Gasteiger partial charge in [0.1, 0.15) is 5.82 Å². The van der Waals surface area contributed by atoms with Crippen LogP contribution in [0.15, 0.2) is 22.7 Å². The Morgan fingerprint density at radius 2 is 2.13 bits per heavy atom. The summed E-state index contributed by atoms with van der Waals surface area (Å²) in [4.78, 5) is 0. The molecule has 0 bridgehead atoms. The van der Waals surface area contributed by atoms with E-state index in [0.29, 0.717) is 5.56 Å². The monoisotopic (exact) mass is 292 g/mol. The molecule has 0 radical (unpaired) electrons. The summed E-state index contributed by atoms with van der Waals surface area (Å²) >= 11 is 9.55. The average Bonchev–Trinajstić information content (AvgIpc) is 2.21. The fraction of sp³-hybridized carbons (Fsp3) is 0.500. The van der Waals surface area contributed by atoms with E-state index in [0.717, 1.165) is 17.3 Å². The van der Waals surface area contributed by atoms with Crippen LogP contribution in [0.2, 0.25) is 0 Å². The molecule has 2 atom stereocenters. The molecule has 3 heteroatoms. The minimum absolute atomic E-state index is 0.00111. The van der Waals surface area contributed by atoms with Crippen LogP contribution >= 0.6 is 27.5 Å². The van der Waals surface area contributed by atoms with E-state index in [1.807, 2.05) is 13.0 Å². The maximum absolute atomic E-state index is 13.5. The van der Waals surface area contributed by atoms with Gasteiger partial charge in [-0.15, -0.1) is 11.6 Å². The lowest BCUT2D eigenvalue weighted by atomic mass is 9.94. The molecule has 0 aliphatic carbocycles. The Bertz CT molecular complexity index is 327. The van der Waals surface area contributed by atoms with Crippen molar-refractivity contribution in [3.8, 4) is 0 Å². The highest BCUT2D eigenvalue weighted by atomic mass is 79.9. The van der Waals surface area contributed by atoms with Crippen molar-refractivity contribution in [2.75, 3.05) is 0 Å². The zero-order valence-electron chi connectivity index (χ0n) is 8.93. The molecule has 0 saturated heterocycles. The van der Waals surface area contributed by atoms with Crippen molar-refractivity contribution in [2.24, 2.45) is 0 Å². The van der Waals surface area contributed by atoms with Crippen LogP contribution in [0.3, 0.4) is 0 Å². The van der Waals surface area contributed by atoms with Crippen LogP contribution in [0.25, 0.3) is 0 Å². The van der Waals surface area contributed by atoms with E-state index in [4.69, 9.17) is 11.6 Å². The molecule has 0 aliphatic heterocycles. The van der Waals surface area contributed by atoms with Crippen molar-refractivity contribution < 1.29 is 4.39 Å². The molecule has 1 aromatic rings. The molecule has 0 heterocycles. The van der Waals surface area contributed by atoms with Gasteiger partial charge < -0.3 is 0 Å². The van der Waals surface area contributed by atoms with E-state index in [9.17, 15) is 4.39 Å².